The van der Waals surface area contributed by atoms with Crippen molar-refractivity contribution in [2.45, 2.75) is 5.51 Å². The SMILES string of the molecule is O=C1COc2cc(O)ccc21.O=S(=O)(O)C(F)(F)F. The van der Waals surface area contributed by atoms with Gasteiger partial charge in [0.25, 0.3) is 0 Å². The highest BCUT2D eigenvalue weighted by atomic mass is 32.2. The first-order chi connectivity index (χ1) is 8.52. The van der Waals surface area contributed by atoms with Gasteiger partial charge in [-0.15, -0.1) is 0 Å². The highest BCUT2D eigenvalue weighted by Gasteiger charge is 2.44. The molecule has 0 radical (unpaired) electrons. The molecule has 0 fully saturated rings. The monoisotopic (exact) mass is 300 g/mol. The summed E-state index contributed by atoms with van der Waals surface area (Å²) in [5.41, 5.74) is -4.98. The molecule has 0 saturated carbocycles. The van der Waals surface area contributed by atoms with Crippen LogP contribution in [0.1, 0.15) is 10.4 Å². The van der Waals surface area contributed by atoms with Gasteiger partial charge >= 0.3 is 15.6 Å². The minimum Gasteiger partial charge on any atom is -0.508 e. The van der Waals surface area contributed by atoms with E-state index in [1.165, 1.54) is 12.1 Å². The lowest BCUT2D eigenvalue weighted by molar-refractivity contribution is -0.0510. The van der Waals surface area contributed by atoms with Crippen molar-refractivity contribution in [1.29, 1.82) is 0 Å². The van der Waals surface area contributed by atoms with Crippen LogP contribution in [0.5, 0.6) is 11.5 Å². The smallest absolute Gasteiger partial charge is 0.508 e. The maximum atomic E-state index is 11.0. The highest BCUT2D eigenvalue weighted by Crippen LogP contribution is 2.28. The number of rotatable bonds is 0. The molecule has 1 aromatic carbocycles. The van der Waals surface area contributed by atoms with Crippen molar-refractivity contribution in [3.05, 3.63) is 23.8 Å². The highest BCUT2D eigenvalue weighted by molar-refractivity contribution is 7.86. The van der Waals surface area contributed by atoms with E-state index in [-0.39, 0.29) is 18.1 Å². The zero-order chi connectivity index (χ0) is 14.8. The second kappa shape index (κ2) is 5.05. The van der Waals surface area contributed by atoms with E-state index in [2.05, 4.69) is 0 Å². The molecule has 0 bridgehead atoms. The number of ketones is 1. The van der Waals surface area contributed by atoms with E-state index in [0.29, 0.717) is 11.3 Å². The molecule has 1 aliphatic heterocycles. The van der Waals surface area contributed by atoms with Crippen molar-refractivity contribution >= 4 is 15.9 Å². The van der Waals surface area contributed by atoms with Crippen molar-refractivity contribution in [3.8, 4) is 11.5 Å². The number of phenols is 1. The number of benzene rings is 1. The number of carbonyl (C=O) groups is 1. The number of phenolic OH excluding ortho intramolecular Hbond substituents is 1. The van der Waals surface area contributed by atoms with Crippen LogP contribution in [0, 0.1) is 0 Å². The minimum absolute atomic E-state index is 0.0278. The predicted molar refractivity (Wildman–Crippen MR) is 55.5 cm³/mol. The topological polar surface area (TPSA) is 101 Å². The molecular weight excluding hydrogens is 293 g/mol. The summed E-state index contributed by atoms with van der Waals surface area (Å²) in [6.45, 7) is 0.0960. The Balaban J connectivity index is 0.000000203. The Hall–Kier alpha value is -1.81. The van der Waals surface area contributed by atoms with Gasteiger partial charge in [-0.2, -0.15) is 21.6 Å². The largest absolute Gasteiger partial charge is 0.522 e. The predicted octanol–water partition coefficient (Wildman–Crippen LogP) is 1.36. The second-order valence-corrected chi connectivity index (χ2v) is 4.73. The fourth-order valence-corrected chi connectivity index (χ4v) is 1.08. The van der Waals surface area contributed by atoms with Gasteiger partial charge in [0, 0.05) is 6.07 Å². The van der Waals surface area contributed by atoms with Crippen LogP contribution in [0.4, 0.5) is 13.2 Å². The first kappa shape index (κ1) is 15.2. The van der Waals surface area contributed by atoms with Crippen LogP contribution in [-0.4, -0.2) is 36.0 Å². The van der Waals surface area contributed by atoms with E-state index >= 15 is 0 Å². The van der Waals surface area contributed by atoms with Crippen LogP contribution in [0.15, 0.2) is 18.2 Å². The number of halogens is 3. The third-order valence-electron chi connectivity index (χ3n) is 1.92. The number of fused-ring (bicyclic) bond motifs is 1. The summed E-state index contributed by atoms with van der Waals surface area (Å²) < 4.78 is 62.5. The van der Waals surface area contributed by atoms with Gasteiger partial charge in [-0.1, -0.05) is 0 Å². The summed E-state index contributed by atoms with van der Waals surface area (Å²) in [6.07, 6.45) is 0. The number of carbonyl (C=O) groups excluding carboxylic acids is 1. The number of alkyl halides is 3. The van der Waals surface area contributed by atoms with E-state index in [0.717, 1.165) is 0 Å². The third-order valence-corrected chi connectivity index (χ3v) is 2.50. The Morgan fingerprint density at radius 2 is 1.79 bits per heavy atom. The summed E-state index contributed by atoms with van der Waals surface area (Å²) in [5.74, 6) is 0.577. The Kier molecular flexibility index (Phi) is 4.06. The van der Waals surface area contributed by atoms with Gasteiger partial charge in [-0.05, 0) is 12.1 Å². The van der Waals surface area contributed by atoms with E-state index in [9.17, 15) is 18.0 Å². The molecule has 19 heavy (non-hydrogen) atoms. The number of Topliss-reactive ketones (excluding diaryl/α,β-unsaturated/α-hetero) is 1. The minimum atomic E-state index is -5.84. The number of aromatic hydroxyl groups is 1. The molecule has 0 spiro atoms. The molecule has 0 amide bonds. The van der Waals surface area contributed by atoms with E-state index < -0.39 is 15.6 Å². The van der Waals surface area contributed by atoms with Crippen LogP contribution in [-0.2, 0) is 10.1 Å². The lowest BCUT2D eigenvalue weighted by Crippen LogP contribution is -2.21. The molecule has 1 aliphatic rings. The van der Waals surface area contributed by atoms with Gasteiger partial charge in [-0.25, -0.2) is 0 Å². The molecule has 0 saturated heterocycles. The molecular formula is C9H7F3O6S. The molecule has 0 atom stereocenters. The second-order valence-electron chi connectivity index (χ2n) is 3.31. The summed E-state index contributed by atoms with van der Waals surface area (Å²) in [5, 5.41) is 8.99. The molecule has 1 aromatic rings. The first-order valence-corrected chi connectivity index (χ1v) is 5.99. The van der Waals surface area contributed by atoms with Gasteiger partial charge in [0.1, 0.15) is 11.5 Å². The Morgan fingerprint density at radius 3 is 2.26 bits per heavy atom. The quantitative estimate of drug-likeness (QED) is 0.554. The Bertz CT molecular complexity index is 592. The summed E-state index contributed by atoms with van der Waals surface area (Å²) in [7, 11) is -5.84. The Morgan fingerprint density at radius 1 is 1.26 bits per heavy atom. The normalized spacial score (nSPS) is 14.2. The van der Waals surface area contributed by atoms with Gasteiger partial charge in [0.15, 0.2) is 6.61 Å². The first-order valence-electron chi connectivity index (χ1n) is 4.55. The molecule has 2 N–H and O–H groups in total. The molecule has 106 valence electrons. The van der Waals surface area contributed by atoms with Crippen molar-refractivity contribution < 1.29 is 40.8 Å². The van der Waals surface area contributed by atoms with Crippen LogP contribution in [0.3, 0.4) is 0 Å². The number of ether oxygens (including phenoxy) is 1. The standard InChI is InChI=1S/C8H6O3.CHF3O3S/c9-5-1-2-6-7(10)4-11-8(6)3-5;2-1(3,4)8(5,6)7/h1-3,9H,4H2;(H,5,6,7). The molecule has 0 aromatic heterocycles. The van der Waals surface area contributed by atoms with Crippen LogP contribution in [0.2, 0.25) is 0 Å². The Labute approximate surface area is 105 Å². The molecule has 0 unspecified atom stereocenters. The van der Waals surface area contributed by atoms with Gasteiger partial charge < -0.3 is 9.84 Å². The van der Waals surface area contributed by atoms with Crippen molar-refractivity contribution in [1.82, 2.24) is 0 Å². The molecule has 2 rings (SSSR count). The van der Waals surface area contributed by atoms with Gasteiger partial charge in [0.2, 0.25) is 5.78 Å². The summed E-state index contributed by atoms with van der Waals surface area (Å²) in [4.78, 5) is 11.0. The fourth-order valence-electron chi connectivity index (χ4n) is 1.08. The summed E-state index contributed by atoms with van der Waals surface area (Å²) >= 11 is 0. The van der Waals surface area contributed by atoms with E-state index in [4.69, 9.17) is 22.8 Å². The number of hydrogen-bond donors (Lipinski definition) is 2. The summed E-state index contributed by atoms with van der Waals surface area (Å²) in [6, 6.07) is 4.49. The molecule has 6 nitrogen and oxygen atoms in total. The maximum absolute atomic E-state index is 11.0. The van der Waals surface area contributed by atoms with Gasteiger partial charge in [0.05, 0.1) is 5.56 Å². The van der Waals surface area contributed by atoms with Gasteiger partial charge in [-0.3, -0.25) is 9.35 Å². The number of hydrogen-bond acceptors (Lipinski definition) is 5. The van der Waals surface area contributed by atoms with Crippen LogP contribution in [0.25, 0.3) is 0 Å². The average Bonchev–Trinajstić information content (AvgIpc) is 2.57. The van der Waals surface area contributed by atoms with E-state index in [1.807, 2.05) is 0 Å². The zero-order valence-electron chi connectivity index (χ0n) is 9.01. The average molecular weight is 300 g/mol. The fraction of sp³-hybridized carbons (Fsp3) is 0.222. The van der Waals surface area contributed by atoms with Crippen molar-refractivity contribution in [2.75, 3.05) is 6.61 Å². The van der Waals surface area contributed by atoms with Crippen molar-refractivity contribution in [2.24, 2.45) is 0 Å². The lowest BCUT2D eigenvalue weighted by Gasteiger charge is -1.97. The third kappa shape index (κ3) is 3.83. The maximum Gasteiger partial charge on any atom is 0.522 e. The van der Waals surface area contributed by atoms with Crippen LogP contribution < -0.4 is 4.74 Å². The molecule has 10 heteroatoms. The molecule has 0 aliphatic carbocycles. The van der Waals surface area contributed by atoms with E-state index in [1.54, 1.807) is 6.07 Å². The zero-order valence-corrected chi connectivity index (χ0v) is 9.83. The van der Waals surface area contributed by atoms with Crippen LogP contribution >= 0.6 is 0 Å². The lowest BCUT2D eigenvalue weighted by atomic mass is 10.1. The molecule has 1 heterocycles. The van der Waals surface area contributed by atoms with Crippen molar-refractivity contribution in [3.63, 3.8) is 0 Å².